The first-order chi connectivity index (χ1) is 13.3. The average molecular weight is 383 g/mol. The van der Waals surface area contributed by atoms with Crippen LogP contribution in [0.1, 0.15) is 26.3 Å². The van der Waals surface area contributed by atoms with E-state index >= 15 is 0 Å². The summed E-state index contributed by atoms with van der Waals surface area (Å²) in [6, 6.07) is 15.5. The highest BCUT2D eigenvalue weighted by Crippen LogP contribution is 2.21. The standard InChI is InChI=1S/C22H29N3O3/c1-22(2,3)28-21(27)25-14-12-24(13-15-25)19-8-6-18(7-9-19)23-16-17-4-10-20(26)11-5-17/h4-11,23,26H,12-16H2,1-3H3. The predicted molar refractivity (Wildman–Crippen MR) is 112 cm³/mol. The molecule has 1 aliphatic heterocycles. The van der Waals surface area contributed by atoms with Crippen LogP contribution in [0.3, 0.4) is 0 Å². The maximum absolute atomic E-state index is 12.2. The number of phenols is 1. The van der Waals surface area contributed by atoms with Gasteiger partial charge in [-0.1, -0.05) is 12.1 Å². The number of carbonyl (C=O) groups is 1. The Morgan fingerprint density at radius 2 is 1.61 bits per heavy atom. The molecule has 1 fully saturated rings. The summed E-state index contributed by atoms with van der Waals surface area (Å²) in [7, 11) is 0. The van der Waals surface area contributed by atoms with Crippen molar-refractivity contribution in [2.75, 3.05) is 36.4 Å². The average Bonchev–Trinajstić information content (AvgIpc) is 2.67. The zero-order chi connectivity index (χ0) is 20.1. The summed E-state index contributed by atoms with van der Waals surface area (Å²) in [6.45, 7) is 9.27. The van der Waals surface area contributed by atoms with Gasteiger partial charge in [-0.25, -0.2) is 4.79 Å². The summed E-state index contributed by atoms with van der Waals surface area (Å²) >= 11 is 0. The van der Waals surface area contributed by atoms with Crippen LogP contribution < -0.4 is 10.2 Å². The van der Waals surface area contributed by atoms with Crippen LogP contribution in [0.25, 0.3) is 0 Å². The minimum Gasteiger partial charge on any atom is -0.508 e. The molecule has 2 N–H and O–H groups in total. The Morgan fingerprint density at radius 3 is 2.18 bits per heavy atom. The van der Waals surface area contributed by atoms with Gasteiger partial charge in [-0.3, -0.25) is 0 Å². The third kappa shape index (κ3) is 5.55. The molecule has 0 atom stereocenters. The van der Waals surface area contributed by atoms with Gasteiger partial charge in [-0.2, -0.15) is 0 Å². The molecule has 0 bridgehead atoms. The lowest BCUT2D eigenvalue weighted by atomic mass is 10.2. The molecule has 0 aromatic heterocycles. The lowest BCUT2D eigenvalue weighted by Crippen LogP contribution is -2.50. The van der Waals surface area contributed by atoms with Crippen LogP contribution in [0, 0.1) is 0 Å². The van der Waals surface area contributed by atoms with Gasteiger partial charge < -0.3 is 25.0 Å². The molecule has 1 aliphatic rings. The van der Waals surface area contributed by atoms with Crippen LogP contribution in [-0.4, -0.2) is 47.9 Å². The van der Waals surface area contributed by atoms with Gasteiger partial charge in [0, 0.05) is 44.1 Å². The largest absolute Gasteiger partial charge is 0.508 e. The number of amides is 1. The van der Waals surface area contributed by atoms with Crippen molar-refractivity contribution in [3.8, 4) is 5.75 Å². The Labute approximate surface area is 166 Å². The molecule has 150 valence electrons. The lowest BCUT2D eigenvalue weighted by molar-refractivity contribution is 0.0240. The van der Waals surface area contributed by atoms with Gasteiger partial charge in [0.15, 0.2) is 0 Å². The van der Waals surface area contributed by atoms with Crippen molar-refractivity contribution >= 4 is 17.5 Å². The third-order valence-corrected chi connectivity index (χ3v) is 4.60. The number of carbonyl (C=O) groups excluding carboxylic acids is 1. The first-order valence-electron chi connectivity index (χ1n) is 9.65. The number of aromatic hydroxyl groups is 1. The molecule has 28 heavy (non-hydrogen) atoms. The minimum atomic E-state index is -0.461. The molecule has 0 saturated carbocycles. The van der Waals surface area contributed by atoms with Crippen LogP contribution in [0.4, 0.5) is 16.2 Å². The Morgan fingerprint density at radius 1 is 1.00 bits per heavy atom. The Hall–Kier alpha value is -2.89. The normalized spacial score (nSPS) is 14.7. The number of ether oxygens (including phenoxy) is 1. The predicted octanol–water partition coefficient (Wildman–Crippen LogP) is 4.06. The second kappa shape index (κ2) is 8.42. The molecule has 6 nitrogen and oxygen atoms in total. The van der Waals surface area contributed by atoms with Gasteiger partial charge in [0.2, 0.25) is 0 Å². The summed E-state index contributed by atoms with van der Waals surface area (Å²) in [6.07, 6.45) is -0.235. The quantitative estimate of drug-likeness (QED) is 0.833. The van der Waals surface area contributed by atoms with Gasteiger partial charge >= 0.3 is 6.09 Å². The second-order valence-corrected chi connectivity index (χ2v) is 8.02. The Balaban J connectivity index is 1.49. The fourth-order valence-corrected chi connectivity index (χ4v) is 3.08. The molecule has 1 saturated heterocycles. The summed E-state index contributed by atoms with van der Waals surface area (Å²) in [5.74, 6) is 0.278. The molecule has 0 spiro atoms. The van der Waals surface area contributed by atoms with Gasteiger partial charge in [0.1, 0.15) is 11.4 Å². The number of anilines is 2. The topological polar surface area (TPSA) is 65.0 Å². The highest BCUT2D eigenvalue weighted by molar-refractivity contribution is 5.68. The molecule has 0 aliphatic carbocycles. The molecule has 2 aromatic rings. The number of rotatable bonds is 4. The van der Waals surface area contributed by atoms with Crippen molar-refractivity contribution in [2.24, 2.45) is 0 Å². The van der Waals surface area contributed by atoms with Crippen molar-refractivity contribution in [1.29, 1.82) is 0 Å². The van der Waals surface area contributed by atoms with Crippen LogP contribution >= 0.6 is 0 Å². The number of phenolic OH excluding ortho intramolecular Hbond substituents is 1. The monoisotopic (exact) mass is 383 g/mol. The fraction of sp³-hybridized carbons (Fsp3) is 0.409. The zero-order valence-electron chi connectivity index (χ0n) is 16.8. The van der Waals surface area contributed by atoms with Gasteiger partial charge in [-0.05, 0) is 62.7 Å². The van der Waals surface area contributed by atoms with Crippen molar-refractivity contribution in [1.82, 2.24) is 4.90 Å². The van der Waals surface area contributed by atoms with Crippen LogP contribution in [0.2, 0.25) is 0 Å². The van der Waals surface area contributed by atoms with Crippen molar-refractivity contribution in [3.05, 3.63) is 54.1 Å². The lowest BCUT2D eigenvalue weighted by Gasteiger charge is -2.36. The van der Waals surface area contributed by atoms with Gasteiger partial charge in [-0.15, -0.1) is 0 Å². The summed E-state index contributed by atoms with van der Waals surface area (Å²) in [5.41, 5.74) is 2.85. The van der Waals surface area contributed by atoms with E-state index in [0.29, 0.717) is 19.6 Å². The molecule has 3 rings (SSSR count). The maximum atomic E-state index is 12.2. The molecule has 2 aromatic carbocycles. The number of hydrogen-bond donors (Lipinski definition) is 2. The zero-order valence-corrected chi connectivity index (χ0v) is 16.8. The van der Waals surface area contributed by atoms with E-state index in [1.165, 1.54) is 0 Å². The van der Waals surface area contributed by atoms with Gasteiger partial charge in [0.25, 0.3) is 0 Å². The smallest absolute Gasteiger partial charge is 0.410 e. The van der Waals surface area contributed by atoms with Crippen molar-refractivity contribution < 1.29 is 14.6 Å². The van der Waals surface area contributed by atoms with E-state index in [0.717, 1.165) is 30.0 Å². The van der Waals surface area contributed by atoms with Crippen LogP contribution in [0.5, 0.6) is 5.75 Å². The van der Waals surface area contributed by atoms with E-state index in [2.05, 4.69) is 34.5 Å². The van der Waals surface area contributed by atoms with E-state index in [9.17, 15) is 9.90 Å². The first-order valence-corrected chi connectivity index (χ1v) is 9.65. The number of benzene rings is 2. The van der Waals surface area contributed by atoms with Crippen molar-refractivity contribution in [3.63, 3.8) is 0 Å². The molecule has 1 heterocycles. The van der Waals surface area contributed by atoms with Crippen LogP contribution in [0.15, 0.2) is 48.5 Å². The first kappa shape index (κ1) is 19.9. The third-order valence-electron chi connectivity index (χ3n) is 4.60. The fourth-order valence-electron chi connectivity index (χ4n) is 3.08. The summed E-state index contributed by atoms with van der Waals surface area (Å²) in [5, 5.41) is 12.7. The highest BCUT2D eigenvalue weighted by Gasteiger charge is 2.25. The highest BCUT2D eigenvalue weighted by atomic mass is 16.6. The molecule has 0 radical (unpaired) electrons. The summed E-state index contributed by atoms with van der Waals surface area (Å²) < 4.78 is 5.45. The van der Waals surface area contributed by atoms with E-state index in [1.807, 2.05) is 32.9 Å². The second-order valence-electron chi connectivity index (χ2n) is 8.02. The Kier molecular flexibility index (Phi) is 5.97. The number of nitrogens with one attached hydrogen (secondary N) is 1. The SMILES string of the molecule is CC(C)(C)OC(=O)N1CCN(c2ccc(NCc3ccc(O)cc3)cc2)CC1. The molecular formula is C22H29N3O3. The van der Waals surface area contributed by atoms with E-state index in [1.54, 1.807) is 17.0 Å². The van der Waals surface area contributed by atoms with E-state index < -0.39 is 5.60 Å². The van der Waals surface area contributed by atoms with E-state index in [4.69, 9.17) is 4.74 Å². The Bertz CT molecular complexity index is 774. The number of nitrogens with zero attached hydrogens (tertiary/aromatic N) is 2. The van der Waals surface area contributed by atoms with Crippen molar-refractivity contribution in [2.45, 2.75) is 32.9 Å². The minimum absolute atomic E-state index is 0.235. The number of hydrogen-bond acceptors (Lipinski definition) is 5. The van der Waals surface area contributed by atoms with Gasteiger partial charge in [0.05, 0.1) is 0 Å². The van der Waals surface area contributed by atoms with Crippen LogP contribution in [-0.2, 0) is 11.3 Å². The number of piperazine rings is 1. The molecular weight excluding hydrogens is 354 g/mol. The molecule has 1 amide bonds. The molecule has 0 unspecified atom stereocenters. The van der Waals surface area contributed by atoms with E-state index in [-0.39, 0.29) is 11.8 Å². The maximum Gasteiger partial charge on any atom is 0.410 e. The molecule has 6 heteroatoms. The summed E-state index contributed by atoms with van der Waals surface area (Å²) in [4.78, 5) is 16.2.